The number of hydrogen-bond donors (Lipinski definition) is 0. The van der Waals surface area contributed by atoms with Gasteiger partial charge in [0.2, 0.25) is 0 Å². The van der Waals surface area contributed by atoms with Gasteiger partial charge in [0.15, 0.2) is 0 Å². The molecule has 1 aliphatic heterocycles. The molecule has 0 aromatic heterocycles. The summed E-state index contributed by atoms with van der Waals surface area (Å²) in [5.74, 6) is -0.0589. The summed E-state index contributed by atoms with van der Waals surface area (Å²) >= 11 is 0. The number of ether oxygens (including phenoxy) is 2. The quantitative estimate of drug-likeness (QED) is 0.249. The van der Waals surface area contributed by atoms with E-state index in [0.29, 0.717) is 13.0 Å². The van der Waals surface area contributed by atoms with Gasteiger partial charge in [-0.25, -0.2) is 0 Å². The minimum Gasteiger partial charge on any atom is -0.463 e. The second kappa shape index (κ2) is 14.4. The third-order valence-electron chi connectivity index (χ3n) is 3.82. The normalized spacial score (nSPS) is 16.3. The Morgan fingerprint density at radius 3 is 1.90 bits per heavy atom. The second-order valence-corrected chi connectivity index (χ2v) is 5.92. The number of rotatable bonds is 14. The first-order chi connectivity index (χ1) is 9.83. The minimum absolute atomic E-state index is 0. The Balaban J connectivity index is 0.00000400. The van der Waals surface area contributed by atoms with Crippen molar-refractivity contribution in [2.24, 2.45) is 0 Å². The van der Waals surface area contributed by atoms with Gasteiger partial charge in [0.05, 0.1) is 6.61 Å². The van der Waals surface area contributed by atoms with E-state index in [1.165, 1.54) is 57.8 Å². The van der Waals surface area contributed by atoms with E-state index in [4.69, 9.17) is 9.47 Å². The smallest absolute Gasteiger partial charge is 0.305 e. The Labute approximate surface area is 131 Å². The third kappa shape index (κ3) is 14.1. The van der Waals surface area contributed by atoms with Crippen molar-refractivity contribution in [2.75, 3.05) is 13.2 Å². The lowest BCUT2D eigenvalue weighted by molar-refractivity contribution is -0.144. The molecule has 21 heavy (non-hydrogen) atoms. The number of carbonyl (C=O) groups is 1. The maximum Gasteiger partial charge on any atom is 0.305 e. The van der Waals surface area contributed by atoms with E-state index in [1.54, 1.807) is 0 Å². The van der Waals surface area contributed by atoms with E-state index >= 15 is 0 Å². The van der Waals surface area contributed by atoms with E-state index in [2.05, 4.69) is 6.92 Å². The summed E-state index contributed by atoms with van der Waals surface area (Å²) in [6.45, 7) is 3.47. The molecule has 0 bridgehead atoms. The number of esters is 1. The van der Waals surface area contributed by atoms with Crippen LogP contribution >= 0.6 is 0 Å². The standard InChI is InChI=1S/C17H32O3.CH4/c1-2-3-4-5-6-7-8-9-10-11-12-13-17(18)20-15-16-14-19-16;/h16H,2-15H2,1H3;1H4. The van der Waals surface area contributed by atoms with Crippen molar-refractivity contribution in [1.29, 1.82) is 0 Å². The Kier molecular flexibility index (Phi) is 14.0. The lowest BCUT2D eigenvalue weighted by Gasteiger charge is -2.03. The molecule has 0 aliphatic carbocycles. The van der Waals surface area contributed by atoms with E-state index in [-0.39, 0.29) is 19.5 Å². The number of hydrogen-bond acceptors (Lipinski definition) is 3. The molecule has 1 saturated heterocycles. The van der Waals surface area contributed by atoms with Crippen LogP contribution in [0.5, 0.6) is 0 Å². The fraction of sp³-hybridized carbons (Fsp3) is 0.944. The van der Waals surface area contributed by atoms with Crippen LogP contribution in [0.1, 0.15) is 91.4 Å². The van der Waals surface area contributed by atoms with E-state index in [0.717, 1.165) is 19.4 Å². The molecule has 1 atom stereocenters. The fourth-order valence-electron chi connectivity index (χ4n) is 2.36. The van der Waals surface area contributed by atoms with Gasteiger partial charge in [-0.05, 0) is 6.42 Å². The molecule has 0 aromatic rings. The molecule has 1 heterocycles. The highest BCUT2D eigenvalue weighted by molar-refractivity contribution is 5.69. The molecule has 0 aromatic carbocycles. The summed E-state index contributed by atoms with van der Waals surface area (Å²) in [5.41, 5.74) is 0. The molecule has 0 N–H and O–H groups in total. The van der Waals surface area contributed by atoms with E-state index < -0.39 is 0 Å². The van der Waals surface area contributed by atoms with Crippen molar-refractivity contribution in [2.45, 2.75) is 97.5 Å². The van der Waals surface area contributed by atoms with Crippen molar-refractivity contribution in [3.05, 3.63) is 0 Å². The highest BCUT2D eigenvalue weighted by Gasteiger charge is 2.23. The van der Waals surface area contributed by atoms with Crippen molar-refractivity contribution in [3.8, 4) is 0 Å². The highest BCUT2D eigenvalue weighted by atomic mass is 16.6. The Morgan fingerprint density at radius 2 is 1.43 bits per heavy atom. The van der Waals surface area contributed by atoms with Gasteiger partial charge in [0.25, 0.3) is 0 Å². The van der Waals surface area contributed by atoms with Crippen LogP contribution < -0.4 is 0 Å². The van der Waals surface area contributed by atoms with Gasteiger partial charge in [-0.15, -0.1) is 0 Å². The van der Waals surface area contributed by atoms with Crippen LogP contribution in [0.4, 0.5) is 0 Å². The fourth-order valence-corrected chi connectivity index (χ4v) is 2.36. The highest BCUT2D eigenvalue weighted by Crippen LogP contribution is 2.13. The lowest BCUT2D eigenvalue weighted by atomic mass is 10.1. The van der Waals surface area contributed by atoms with Crippen molar-refractivity contribution < 1.29 is 14.3 Å². The molecule has 3 nitrogen and oxygen atoms in total. The average molecular weight is 300 g/mol. The van der Waals surface area contributed by atoms with Crippen LogP contribution in [0.2, 0.25) is 0 Å². The molecule has 1 unspecified atom stereocenters. The van der Waals surface area contributed by atoms with E-state index in [1.807, 2.05) is 0 Å². The molecule has 1 rings (SSSR count). The number of carbonyl (C=O) groups excluding carboxylic acids is 1. The van der Waals surface area contributed by atoms with Gasteiger partial charge in [-0.3, -0.25) is 4.79 Å². The number of unbranched alkanes of at least 4 members (excludes halogenated alkanes) is 10. The van der Waals surface area contributed by atoms with Crippen LogP contribution in [0, 0.1) is 0 Å². The monoisotopic (exact) mass is 300 g/mol. The van der Waals surface area contributed by atoms with Gasteiger partial charge >= 0.3 is 5.97 Å². The second-order valence-electron chi connectivity index (χ2n) is 5.92. The van der Waals surface area contributed by atoms with Gasteiger partial charge in [0.1, 0.15) is 12.7 Å². The van der Waals surface area contributed by atoms with Crippen LogP contribution in [0.15, 0.2) is 0 Å². The van der Waals surface area contributed by atoms with Crippen LogP contribution in [0.3, 0.4) is 0 Å². The van der Waals surface area contributed by atoms with Gasteiger partial charge < -0.3 is 9.47 Å². The molecule has 0 saturated carbocycles. The molecule has 126 valence electrons. The summed E-state index contributed by atoms with van der Waals surface area (Å²) in [6, 6.07) is 0. The molecule has 0 spiro atoms. The van der Waals surface area contributed by atoms with Crippen molar-refractivity contribution in [1.82, 2.24) is 0 Å². The SMILES string of the molecule is C.CCCCCCCCCCCCCC(=O)OCC1CO1. The van der Waals surface area contributed by atoms with Crippen LogP contribution in [-0.2, 0) is 14.3 Å². The maximum atomic E-state index is 11.4. The predicted molar refractivity (Wildman–Crippen MR) is 88.5 cm³/mol. The molecule has 1 aliphatic rings. The first-order valence-corrected chi connectivity index (χ1v) is 8.60. The summed E-state index contributed by atoms with van der Waals surface area (Å²) in [4.78, 5) is 11.4. The third-order valence-corrected chi connectivity index (χ3v) is 3.82. The topological polar surface area (TPSA) is 38.8 Å². The maximum absolute atomic E-state index is 11.4. The molecule has 3 heteroatoms. The van der Waals surface area contributed by atoms with Gasteiger partial charge in [-0.2, -0.15) is 0 Å². The summed E-state index contributed by atoms with van der Waals surface area (Å²) in [6.07, 6.45) is 15.1. The predicted octanol–water partition coefficient (Wildman–Crippen LogP) is 5.27. The van der Waals surface area contributed by atoms with Gasteiger partial charge in [-0.1, -0.05) is 78.6 Å². The first-order valence-electron chi connectivity index (χ1n) is 8.60. The molecule has 0 amide bonds. The minimum atomic E-state index is -0.0589. The Bertz CT molecular complexity index is 237. The Morgan fingerprint density at radius 1 is 0.952 bits per heavy atom. The van der Waals surface area contributed by atoms with Crippen molar-refractivity contribution >= 4 is 5.97 Å². The first kappa shape index (κ1) is 20.4. The lowest BCUT2D eigenvalue weighted by Crippen LogP contribution is -2.09. The molecular weight excluding hydrogens is 264 g/mol. The molecule has 1 fully saturated rings. The zero-order chi connectivity index (χ0) is 14.5. The Hall–Kier alpha value is -0.570. The van der Waals surface area contributed by atoms with Crippen molar-refractivity contribution in [3.63, 3.8) is 0 Å². The van der Waals surface area contributed by atoms with Crippen LogP contribution in [0.25, 0.3) is 0 Å². The molecular formula is C18H36O3. The van der Waals surface area contributed by atoms with E-state index in [9.17, 15) is 4.79 Å². The summed E-state index contributed by atoms with van der Waals surface area (Å²) < 4.78 is 10.1. The average Bonchev–Trinajstić information content (AvgIpc) is 3.27. The number of epoxide rings is 1. The zero-order valence-corrected chi connectivity index (χ0v) is 13.2. The molecule has 0 radical (unpaired) electrons. The van der Waals surface area contributed by atoms with Gasteiger partial charge in [0, 0.05) is 6.42 Å². The largest absolute Gasteiger partial charge is 0.463 e. The zero-order valence-electron chi connectivity index (χ0n) is 13.2. The summed E-state index contributed by atoms with van der Waals surface area (Å²) in [7, 11) is 0. The van der Waals surface area contributed by atoms with Crippen LogP contribution in [-0.4, -0.2) is 25.3 Å². The summed E-state index contributed by atoms with van der Waals surface area (Å²) in [5, 5.41) is 0.